The number of oxazole rings is 1. The average Bonchev–Trinajstić information content (AvgIpc) is 3.49. The molecule has 1 unspecified atom stereocenters. The van der Waals surface area contributed by atoms with Gasteiger partial charge in [0.2, 0.25) is 5.89 Å². The van der Waals surface area contributed by atoms with Gasteiger partial charge in [0, 0.05) is 0 Å². The number of ether oxygens (including phenoxy) is 1. The maximum atomic E-state index is 12.6. The molecule has 1 amide bonds. The Morgan fingerprint density at radius 3 is 2.45 bits per heavy atom. The van der Waals surface area contributed by atoms with Crippen LogP contribution in [0, 0.1) is 6.92 Å². The first kappa shape index (κ1) is 22.5. The first-order chi connectivity index (χ1) is 16.1. The number of aromatic nitrogens is 1. The summed E-state index contributed by atoms with van der Waals surface area (Å²) in [5.74, 6) is 0.157. The van der Waals surface area contributed by atoms with Gasteiger partial charge in [0.05, 0.1) is 23.0 Å². The Kier molecular flexibility index (Phi) is 7.32. The maximum absolute atomic E-state index is 12.6. The van der Waals surface area contributed by atoms with Gasteiger partial charge in [-0.1, -0.05) is 66.7 Å². The highest BCUT2D eigenvalue weighted by Gasteiger charge is 2.19. The van der Waals surface area contributed by atoms with Crippen LogP contribution >= 0.6 is 11.3 Å². The molecule has 2 heterocycles. The fraction of sp³-hybridized carbons (Fsp3) is 0.192. The molecule has 0 bridgehead atoms. The van der Waals surface area contributed by atoms with Crippen molar-refractivity contribution < 1.29 is 18.7 Å². The lowest BCUT2D eigenvalue weighted by Crippen LogP contribution is -2.33. The van der Waals surface area contributed by atoms with Crippen LogP contribution in [-0.4, -0.2) is 23.5 Å². The summed E-state index contributed by atoms with van der Waals surface area (Å²) in [6.45, 7) is 1.40. The number of nitrogens with one attached hydrogen (secondary N) is 1. The minimum atomic E-state index is -0.529. The normalized spacial score (nSPS) is 11.7. The second-order valence-corrected chi connectivity index (χ2v) is 8.50. The van der Waals surface area contributed by atoms with E-state index in [4.69, 9.17) is 9.15 Å². The van der Waals surface area contributed by atoms with E-state index in [0.29, 0.717) is 23.8 Å². The summed E-state index contributed by atoms with van der Waals surface area (Å²) < 4.78 is 10.9. The van der Waals surface area contributed by atoms with Crippen molar-refractivity contribution in [1.82, 2.24) is 10.3 Å². The molecular formula is C26H24N2O4S. The highest BCUT2D eigenvalue weighted by atomic mass is 32.1. The Balaban J connectivity index is 1.34. The second-order valence-electron chi connectivity index (χ2n) is 7.56. The molecule has 0 aliphatic carbocycles. The Morgan fingerprint density at radius 1 is 1.03 bits per heavy atom. The van der Waals surface area contributed by atoms with Gasteiger partial charge in [-0.05, 0) is 35.9 Å². The topological polar surface area (TPSA) is 81.4 Å². The largest absolute Gasteiger partial charge is 0.455 e. The molecule has 0 aliphatic rings. The molecule has 0 spiro atoms. The molecule has 33 heavy (non-hydrogen) atoms. The lowest BCUT2D eigenvalue weighted by atomic mass is 9.99. The van der Waals surface area contributed by atoms with Gasteiger partial charge in [0.25, 0.3) is 5.91 Å². The molecule has 2 aromatic carbocycles. The van der Waals surface area contributed by atoms with Gasteiger partial charge in [-0.2, -0.15) is 0 Å². The fourth-order valence-electron chi connectivity index (χ4n) is 3.45. The van der Waals surface area contributed by atoms with Crippen molar-refractivity contribution in [1.29, 1.82) is 0 Å². The molecule has 1 atom stereocenters. The van der Waals surface area contributed by atoms with E-state index in [-0.39, 0.29) is 25.0 Å². The summed E-state index contributed by atoms with van der Waals surface area (Å²) in [6, 6.07) is 23.3. The number of carbonyl (C=O) groups is 2. The molecule has 0 fully saturated rings. The number of hydrogen-bond donors (Lipinski definition) is 1. The van der Waals surface area contributed by atoms with Crippen molar-refractivity contribution >= 4 is 23.2 Å². The molecule has 2 aromatic heterocycles. The Morgan fingerprint density at radius 2 is 1.76 bits per heavy atom. The zero-order valence-corrected chi connectivity index (χ0v) is 19.0. The van der Waals surface area contributed by atoms with E-state index in [0.717, 1.165) is 16.0 Å². The summed E-state index contributed by atoms with van der Waals surface area (Å²) in [6.07, 6.45) is 0.578. The second kappa shape index (κ2) is 10.7. The Bertz CT molecular complexity index is 1190. The Hall–Kier alpha value is -3.71. The SMILES string of the molecule is Cc1oc(-c2cccs2)nc1CC(=O)OCC(=O)NC(Cc1ccccc1)c1ccccc1. The summed E-state index contributed by atoms with van der Waals surface area (Å²) in [5.41, 5.74) is 2.60. The minimum absolute atomic E-state index is 0.0554. The number of hydrogen-bond acceptors (Lipinski definition) is 6. The smallest absolute Gasteiger partial charge is 0.312 e. The van der Waals surface area contributed by atoms with Gasteiger partial charge in [-0.3, -0.25) is 9.59 Å². The summed E-state index contributed by atoms with van der Waals surface area (Å²) >= 11 is 1.51. The van der Waals surface area contributed by atoms with Crippen LogP contribution in [0.5, 0.6) is 0 Å². The predicted octanol–water partition coefficient (Wildman–Crippen LogP) is 4.90. The third kappa shape index (κ3) is 6.17. The van der Waals surface area contributed by atoms with Gasteiger partial charge in [0.15, 0.2) is 6.61 Å². The first-order valence-electron chi connectivity index (χ1n) is 10.6. The molecule has 0 aliphatic heterocycles. The number of thiophene rings is 1. The number of carbonyl (C=O) groups excluding carboxylic acids is 2. The molecular weight excluding hydrogens is 436 g/mol. The maximum Gasteiger partial charge on any atom is 0.312 e. The van der Waals surface area contributed by atoms with Crippen molar-refractivity contribution in [3.05, 3.63) is 101 Å². The van der Waals surface area contributed by atoms with Crippen LogP contribution in [0.2, 0.25) is 0 Å². The number of rotatable bonds is 9. The Labute approximate surface area is 196 Å². The zero-order chi connectivity index (χ0) is 23.0. The average molecular weight is 461 g/mol. The van der Waals surface area contributed by atoms with Gasteiger partial charge in [0.1, 0.15) is 5.76 Å². The monoisotopic (exact) mass is 460 g/mol. The van der Waals surface area contributed by atoms with Crippen molar-refractivity contribution in [2.24, 2.45) is 0 Å². The van der Waals surface area contributed by atoms with Gasteiger partial charge in [-0.15, -0.1) is 11.3 Å². The quantitative estimate of drug-likeness (QED) is 0.360. The van der Waals surface area contributed by atoms with Crippen molar-refractivity contribution in [2.75, 3.05) is 6.61 Å². The minimum Gasteiger partial charge on any atom is -0.455 e. The summed E-state index contributed by atoms with van der Waals surface area (Å²) in [7, 11) is 0. The molecule has 0 saturated heterocycles. The summed E-state index contributed by atoms with van der Waals surface area (Å²) in [4.78, 5) is 30.2. The van der Waals surface area contributed by atoms with E-state index in [2.05, 4.69) is 10.3 Å². The highest BCUT2D eigenvalue weighted by molar-refractivity contribution is 7.13. The standard InChI is InChI=1S/C26H24N2O4S/c1-18-21(28-26(32-18)23-13-8-14-33-23)16-25(30)31-17-24(29)27-22(20-11-6-3-7-12-20)15-19-9-4-2-5-10-19/h2-14,22H,15-17H2,1H3,(H,27,29). The first-order valence-corrected chi connectivity index (χ1v) is 11.5. The number of nitrogens with zero attached hydrogens (tertiary/aromatic N) is 1. The van der Waals surface area contributed by atoms with Crippen LogP contribution in [0.25, 0.3) is 10.8 Å². The third-order valence-electron chi connectivity index (χ3n) is 5.12. The van der Waals surface area contributed by atoms with Crippen molar-refractivity contribution in [3.8, 4) is 10.8 Å². The highest BCUT2D eigenvalue weighted by Crippen LogP contribution is 2.26. The van der Waals surface area contributed by atoms with Crippen LogP contribution in [0.15, 0.2) is 82.6 Å². The van der Waals surface area contributed by atoms with E-state index in [1.165, 1.54) is 11.3 Å². The van der Waals surface area contributed by atoms with Crippen LogP contribution in [0.3, 0.4) is 0 Å². The fourth-order valence-corrected chi connectivity index (χ4v) is 4.10. The number of amides is 1. The molecule has 4 rings (SSSR count). The number of benzene rings is 2. The van der Waals surface area contributed by atoms with E-state index in [9.17, 15) is 9.59 Å². The lowest BCUT2D eigenvalue weighted by molar-refractivity contribution is -0.148. The van der Waals surface area contributed by atoms with Crippen LogP contribution < -0.4 is 5.32 Å². The van der Waals surface area contributed by atoms with Gasteiger partial charge >= 0.3 is 5.97 Å². The molecule has 0 saturated carbocycles. The van der Waals surface area contributed by atoms with E-state index >= 15 is 0 Å². The molecule has 7 heteroatoms. The van der Waals surface area contributed by atoms with Crippen LogP contribution in [0.4, 0.5) is 0 Å². The van der Waals surface area contributed by atoms with E-state index < -0.39 is 5.97 Å². The molecule has 6 nitrogen and oxygen atoms in total. The number of esters is 1. The van der Waals surface area contributed by atoms with E-state index in [1.54, 1.807) is 6.92 Å². The summed E-state index contributed by atoms with van der Waals surface area (Å²) in [5, 5.41) is 4.92. The molecule has 4 aromatic rings. The van der Waals surface area contributed by atoms with Crippen LogP contribution in [0.1, 0.15) is 28.6 Å². The van der Waals surface area contributed by atoms with Crippen LogP contribution in [-0.2, 0) is 27.2 Å². The van der Waals surface area contributed by atoms with Gasteiger partial charge in [-0.25, -0.2) is 4.98 Å². The molecule has 0 radical (unpaired) electrons. The lowest BCUT2D eigenvalue weighted by Gasteiger charge is -2.19. The van der Waals surface area contributed by atoms with Crippen molar-refractivity contribution in [2.45, 2.75) is 25.8 Å². The van der Waals surface area contributed by atoms with Gasteiger partial charge < -0.3 is 14.5 Å². The molecule has 168 valence electrons. The number of aryl methyl sites for hydroxylation is 1. The van der Waals surface area contributed by atoms with Crippen molar-refractivity contribution in [3.63, 3.8) is 0 Å². The predicted molar refractivity (Wildman–Crippen MR) is 127 cm³/mol. The molecule has 1 N–H and O–H groups in total. The third-order valence-corrected chi connectivity index (χ3v) is 5.98. The zero-order valence-electron chi connectivity index (χ0n) is 18.2. The van der Waals surface area contributed by atoms with E-state index in [1.807, 2.05) is 78.2 Å².